The molecular weight excluding hydrogens is 338 g/mol. The molecule has 0 aromatic heterocycles. The number of nitrogens with one attached hydrogen (secondary N) is 3. The molecule has 12 heteroatoms. The van der Waals surface area contributed by atoms with E-state index >= 15 is 0 Å². The second-order valence-corrected chi connectivity index (χ2v) is 5.21. The molecular formula is C13H23N5O7. The summed E-state index contributed by atoms with van der Waals surface area (Å²) in [5.41, 5.74) is 10.2. The maximum Gasteiger partial charge on any atom is 0.326 e. The van der Waals surface area contributed by atoms with Gasteiger partial charge in [-0.25, -0.2) is 4.79 Å². The Bertz CT molecular complexity index is 523. The lowest BCUT2D eigenvalue weighted by Crippen LogP contribution is -2.55. The van der Waals surface area contributed by atoms with E-state index in [1.807, 2.05) is 0 Å². The van der Waals surface area contributed by atoms with Crippen molar-refractivity contribution in [1.29, 1.82) is 0 Å². The summed E-state index contributed by atoms with van der Waals surface area (Å²) in [7, 11) is 0. The molecule has 0 aliphatic heterocycles. The van der Waals surface area contributed by atoms with Crippen molar-refractivity contribution in [2.75, 3.05) is 13.2 Å². The lowest BCUT2D eigenvalue weighted by molar-refractivity contribution is -0.142. The molecule has 0 rings (SSSR count). The third-order valence-electron chi connectivity index (χ3n) is 2.97. The van der Waals surface area contributed by atoms with Gasteiger partial charge in [-0.2, -0.15) is 0 Å². The van der Waals surface area contributed by atoms with Crippen LogP contribution in [0.2, 0.25) is 0 Å². The van der Waals surface area contributed by atoms with Gasteiger partial charge >= 0.3 is 5.97 Å². The second-order valence-electron chi connectivity index (χ2n) is 5.21. The number of aliphatic hydroxyl groups excluding tert-OH is 1. The van der Waals surface area contributed by atoms with E-state index in [1.54, 1.807) is 0 Å². The van der Waals surface area contributed by atoms with Crippen LogP contribution in [0.1, 0.15) is 19.8 Å². The summed E-state index contributed by atoms with van der Waals surface area (Å²) < 4.78 is 0. The summed E-state index contributed by atoms with van der Waals surface area (Å²) >= 11 is 0. The zero-order chi connectivity index (χ0) is 19.6. The molecule has 142 valence electrons. The van der Waals surface area contributed by atoms with E-state index in [9.17, 15) is 29.1 Å². The molecule has 0 aromatic rings. The number of rotatable bonds is 11. The third-order valence-corrected chi connectivity index (χ3v) is 2.97. The number of carboxylic acids is 1. The summed E-state index contributed by atoms with van der Waals surface area (Å²) in [6.45, 7) is 0.129. The number of carbonyl (C=O) groups excluding carboxylic acids is 4. The van der Waals surface area contributed by atoms with E-state index in [2.05, 4.69) is 16.0 Å². The summed E-state index contributed by atoms with van der Waals surface area (Å²) in [6.07, 6.45) is -0.510. The SMILES string of the molecule is CC(N)C(=O)NCC(=O)NC(CO)C(=O)NC(CCC(N)=O)C(=O)O. The molecule has 4 amide bonds. The Hall–Kier alpha value is -2.73. The molecule has 0 radical (unpaired) electrons. The molecule has 12 nitrogen and oxygen atoms in total. The summed E-state index contributed by atoms with van der Waals surface area (Å²) in [6, 6.07) is -3.68. The highest BCUT2D eigenvalue weighted by Gasteiger charge is 2.26. The molecule has 3 unspecified atom stereocenters. The van der Waals surface area contributed by atoms with E-state index in [0.29, 0.717) is 0 Å². The van der Waals surface area contributed by atoms with Gasteiger partial charge in [-0.15, -0.1) is 0 Å². The van der Waals surface area contributed by atoms with Gasteiger partial charge in [0.15, 0.2) is 0 Å². The van der Waals surface area contributed by atoms with E-state index in [4.69, 9.17) is 16.6 Å². The molecule has 9 N–H and O–H groups in total. The van der Waals surface area contributed by atoms with Crippen LogP contribution in [0.3, 0.4) is 0 Å². The highest BCUT2D eigenvalue weighted by Crippen LogP contribution is 1.98. The van der Waals surface area contributed by atoms with Crippen molar-refractivity contribution < 1.29 is 34.2 Å². The zero-order valence-electron chi connectivity index (χ0n) is 13.7. The van der Waals surface area contributed by atoms with Gasteiger partial charge in [-0.1, -0.05) is 0 Å². The number of aliphatic carboxylic acids is 1. The molecule has 0 bridgehead atoms. The van der Waals surface area contributed by atoms with Crippen molar-refractivity contribution in [3.63, 3.8) is 0 Å². The Labute approximate surface area is 143 Å². The minimum atomic E-state index is -1.44. The van der Waals surface area contributed by atoms with Crippen LogP contribution in [-0.4, -0.2) is 71.1 Å². The highest BCUT2D eigenvalue weighted by molar-refractivity contribution is 5.92. The number of hydrogen-bond donors (Lipinski definition) is 7. The third kappa shape index (κ3) is 9.22. The van der Waals surface area contributed by atoms with E-state index in [0.717, 1.165) is 0 Å². The van der Waals surface area contributed by atoms with Gasteiger partial charge in [0.2, 0.25) is 23.6 Å². The minimum Gasteiger partial charge on any atom is -0.480 e. The summed E-state index contributed by atoms with van der Waals surface area (Å²) in [5.74, 6) is -4.48. The van der Waals surface area contributed by atoms with Gasteiger partial charge in [-0.05, 0) is 13.3 Å². The number of hydrogen-bond acceptors (Lipinski definition) is 7. The van der Waals surface area contributed by atoms with Gasteiger partial charge in [0.25, 0.3) is 0 Å². The van der Waals surface area contributed by atoms with Gasteiger partial charge in [0.1, 0.15) is 12.1 Å². The van der Waals surface area contributed by atoms with Crippen LogP contribution in [0.5, 0.6) is 0 Å². The summed E-state index contributed by atoms with van der Waals surface area (Å²) in [5, 5.41) is 24.6. The maximum absolute atomic E-state index is 11.9. The Kier molecular flexibility index (Phi) is 9.74. The fraction of sp³-hybridized carbons (Fsp3) is 0.615. The van der Waals surface area contributed by atoms with Crippen LogP contribution in [0.25, 0.3) is 0 Å². The molecule has 25 heavy (non-hydrogen) atoms. The Morgan fingerprint density at radius 2 is 1.64 bits per heavy atom. The lowest BCUT2D eigenvalue weighted by Gasteiger charge is -2.20. The molecule has 3 atom stereocenters. The standard InChI is InChI=1S/C13H23N5O7/c1-6(14)11(22)16-4-10(21)17-8(5-19)12(23)18-7(13(24)25)2-3-9(15)20/h6-8,19H,2-5,14H2,1H3,(H2,15,20)(H,16,22)(H,17,21)(H,18,23)(H,24,25). The number of aliphatic hydroxyl groups is 1. The zero-order valence-corrected chi connectivity index (χ0v) is 13.7. The molecule has 0 fully saturated rings. The number of amides is 4. The first-order valence-electron chi connectivity index (χ1n) is 7.33. The largest absolute Gasteiger partial charge is 0.480 e. The molecule has 0 aliphatic carbocycles. The number of carbonyl (C=O) groups is 5. The topological polar surface area (TPSA) is 214 Å². The number of carboxylic acid groups (broad SMARTS) is 1. The van der Waals surface area contributed by atoms with Crippen molar-refractivity contribution in [2.24, 2.45) is 11.5 Å². The van der Waals surface area contributed by atoms with E-state index in [1.165, 1.54) is 6.92 Å². The fourth-order valence-corrected chi connectivity index (χ4v) is 1.58. The Morgan fingerprint density at radius 1 is 1.04 bits per heavy atom. The van der Waals surface area contributed by atoms with Crippen molar-refractivity contribution in [2.45, 2.75) is 37.9 Å². The van der Waals surface area contributed by atoms with Crippen LogP contribution in [0.4, 0.5) is 0 Å². The van der Waals surface area contributed by atoms with Crippen LogP contribution in [0.15, 0.2) is 0 Å². The predicted octanol–water partition coefficient (Wildman–Crippen LogP) is -4.24. The average molecular weight is 361 g/mol. The lowest BCUT2D eigenvalue weighted by atomic mass is 10.1. The molecule has 0 saturated carbocycles. The van der Waals surface area contributed by atoms with Crippen LogP contribution in [-0.2, 0) is 24.0 Å². The van der Waals surface area contributed by atoms with Gasteiger partial charge < -0.3 is 37.6 Å². The number of nitrogens with two attached hydrogens (primary N) is 2. The van der Waals surface area contributed by atoms with E-state index in [-0.39, 0.29) is 12.8 Å². The van der Waals surface area contributed by atoms with E-state index < -0.39 is 60.9 Å². The average Bonchev–Trinajstić information content (AvgIpc) is 2.53. The first-order valence-corrected chi connectivity index (χ1v) is 7.33. The minimum absolute atomic E-state index is 0.243. The highest BCUT2D eigenvalue weighted by atomic mass is 16.4. The van der Waals surface area contributed by atoms with Gasteiger partial charge in [0.05, 0.1) is 19.2 Å². The van der Waals surface area contributed by atoms with Crippen molar-refractivity contribution in [3.8, 4) is 0 Å². The monoisotopic (exact) mass is 361 g/mol. The molecule has 0 aliphatic rings. The fourth-order valence-electron chi connectivity index (χ4n) is 1.58. The molecule has 0 saturated heterocycles. The quantitative estimate of drug-likeness (QED) is 0.191. The normalized spacial score (nSPS) is 13.9. The van der Waals surface area contributed by atoms with Crippen molar-refractivity contribution >= 4 is 29.6 Å². The molecule has 0 heterocycles. The number of primary amides is 1. The first-order chi connectivity index (χ1) is 11.6. The molecule has 0 aromatic carbocycles. The van der Waals surface area contributed by atoms with Crippen LogP contribution < -0.4 is 27.4 Å². The Balaban J connectivity index is 4.62. The van der Waals surface area contributed by atoms with Crippen LogP contribution >= 0.6 is 0 Å². The molecule has 0 spiro atoms. The van der Waals surface area contributed by atoms with Crippen molar-refractivity contribution in [1.82, 2.24) is 16.0 Å². The first kappa shape index (κ1) is 22.3. The predicted molar refractivity (Wildman–Crippen MR) is 83.7 cm³/mol. The second kappa shape index (κ2) is 10.9. The van der Waals surface area contributed by atoms with Crippen molar-refractivity contribution in [3.05, 3.63) is 0 Å². The van der Waals surface area contributed by atoms with Crippen LogP contribution in [0, 0.1) is 0 Å². The van der Waals surface area contributed by atoms with Gasteiger partial charge in [-0.3, -0.25) is 19.2 Å². The van der Waals surface area contributed by atoms with Gasteiger partial charge in [0, 0.05) is 6.42 Å². The summed E-state index contributed by atoms with van der Waals surface area (Å²) in [4.78, 5) is 56.6. The Morgan fingerprint density at radius 3 is 2.08 bits per heavy atom. The maximum atomic E-state index is 11.9. The smallest absolute Gasteiger partial charge is 0.326 e.